The molecule has 2 heterocycles. The van der Waals surface area contributed by atoms with Crippen molar-refractivity contribution < 1.29 is 9.50 Å². The Morgan fingerprint density at radius 2 is 2.08 bits per heavy atom. The first-order valence-corrected chi connectivity index (χ1v) is 8.56. The number of aliphatic hydroxyl groups is 1. The van der Waals surface area contributed by atoms with Crippen LogP contribution in [0.4, 0.5) is 10.1 Å². The number of nitrogens with zero attached hydrogens (tertiary/aromatic N) is 3. The second kappa shape index (κ2) is 6.70. The minimum Gasteiger partial charge on any atom is -0.387 e. The van der Waals surface area contributed by atoms with Crippen LogP contribution in [0.3, 0.4) is 0 Å². The molecule has 1 unspecified atom stereocenters. The van der Waals surface area contributed by atoms with E-state index in [0.717, 1.165) is 5.69 Å². The Balaban J connectivity index is 1.94. The molecule has 0 aliphatic rings. The number of hydrogen-bond acceptors (Lipinski definition) is 5. The van der Waals surface area contributed by atoms with Gasteiger partial charge in [0.1, 0.15) is 5.82 Å². The number of aliphatic hydroxyl groups excluding tert-OH is 1. The smallest absolute Gasteiger partial charge is 0.259 e. The third-order valence-corrected chi connectivity index (χ3v) is 4.68. The maximum Gasteiger partial charge on any atom is 0.259 e. The highest BCUT2D eigenvalue weighted by Gasteiger charge is 2.14. The number of rotatable bonds is 5. The Morgan fingerprint density at radius 1 is 1.38 bits per heavy atom. The van der Waals surface area contributed by atoms with Crippen LogP contribution >= 0.6 is 11.3 Å². The molecule has 0 aliphatic heterocycles. The molecule has 0 amide bonds. The summed E-state index contributed by atoms with van der Waals surface area (Å²) in [6.45, 7) is 4.77. The largest absolute Gasteiger partial charge is 0.387 e. The van der Waals surface area contributed by atoms with Crippen LogP contribution in [0.2, 0.25) is 0 Å². The highest BCUT2D eigenvalue weighted by atomic mass is 32.1. The molecule has 0 fully saturated rings. The van der Waals surface area contributed by atoms with Crippen molar-refractivity contribution in [3.63, 3.8) is 0 Å². The van der Waals surface area contributed by atoms with Gasteiger partial charge in [-0.15, -0.1) is 11.3 Å². The van der Waals surface area contributed by atoms with Gasteiger partial charge < -0.3 is 10.0 Å². The quantitative estimate of drug-likeness (QED) is 0.771. The van der Waals surface area contributed by atoms with E-state index in [9.17, 15) is 14.3 Å². The minimum absolute atomic E-state index is 0.206. The first kappa shape index (κ1) is 16.6. The molecule has 1 N–H and O–H groups in total. The summed E-state index contributed by atoms with van der Waals surface area (Å²) >= 11 is 1.33. The Labute approximate surface area is 142 Å². The van der Waals surface area contributed by atoms with Crippen molar-refractivity contribution in [2.45, 2.75) is 26.5 Å². The Morgan fingerprint density at radius 3 is 2.71 bits per heavy atom. The van der Waals surface area contributed by atoms with Gasteiger partial charge in [0.25, 0.3) is 5.56 Å². The highest BCUT2D eigenvalue weighted by Crippen LogP contribution is 2.20. The van der Waals surface area contributed by atoms with Crippen LogP contribution in [0.25, 0.3) is 4.96 Å². The lowest BCUT2D eigenvalue weighted by atomic mass is 10.2. The van der Waals surface area contributed by atoms with Gasteiger partial charge >= 0.3 is 0 Å². The second-order valence-electron chi connectivity index (χ2n) is 5.53. The lowest BCUT2D eigenvalue weighted by molar-refractivity contribution is 0.193. The van der Waals surface area contributed by atoms with Crippen molar-refractivity contribution in [1.29, 1.82) is 0 Å². The van der Waals surface area contributed by atoms with E-state index in [1.165, 1.54) is 33.9 Å². The van der Waals surface area contributed by atoms with Crippen molar-refractivity contribution in [3.05, 3.63) is 63.3 Å². The number of thiazole rings is 1. The van der Waals surface area contributed by atoms with Crippen LogP contribution in [0, 0.1) is 5.82 Å². The summed E-state index contributed by atoms with van der Waals surface area (Å²) in [5.41, 5.74) is 1.86. The predicted octanol–water partition coefficient (Wildman–Crippen LogP) is 2.97. The van der Waals surface area contributed by atoms with Gasteiger partial charge in [-0.25, -0.2) is 9.37 Å². The normalized spacial score (nSPS) is 12.5. The molecule has 0 radical (unpaired) electrons. The molecular formula is C17H18FN3O2S. The molecule has 0 saturated heterocycles. The van der Waals surface area contributed by atoms with Gasteiger partial charge in [-0.2, -0.15) is 0 Å². The molecule has 3 rings (SSSR count). The zero-order valence-electron chi connectivity index (χ0n) is 13.4. The Kier molecular flexibility index (Phi) is 4.64. The van der Waals surface area contributed by atoms with Gasteiger partial charge in [-0.05, 0) is 38.1 Å². The average Bonchev–Trinajstić information content (AvgIpc) is 2.98. The summed E-state index contributed by atoms with van der Waals surface area (Å²) in [6, 6.07) is 7.73. The van der Waals surface area contributed by atoms with Gasteiger partial charge in [0.15, 0.2) is 4.96 Å². The number of fused-ring (bicyclic) bond motifs is 1. The molecule has 0 saturated carbocycles. The summed E-state index contributed by atoms with van der Waals surface area (Å²) < 4.78 is 14.5. The molecule has 3 aromatic rings. The highest BCUT2D eigenvalue weighted by molar-refractivity contribution is 7.15. The minimum atomic E-state index is -0.726. The van der Waals surface area contributed by atoms with Gasteiger partial charge in [0, 0.05) is 23.7 Å². The fourth-order valence-corrected chi connectivity index (χ4v) is 3.59. The van der Waals surface area contributed by atoms with Crippen molar-refractivity contribution >= 4 is 22.0 Å². The lowest BCUT2D eigenvalue weighted by Gasteiger charge is -2.22. The van der Waals surface area contributed by atoms with E-state index in [-0.39, 0.29) is 11.4 Å². The monoisotopic (exact) mass is 347 g/mol. The van der Waals surface area contributed by atoms with Crippen molar-refractivity contribution in [3.8, 4) is 0 Å². The van der Waals surface area contributed by atoms with E-state index >= 15 is 0 Å². The number of anilines is 1. The van der Waals surface area contributed by atoms with E-state index in [1.807, 2.05) is 11.8 Å². The topological polar surface area (TPSA) is 57.8 Å². The number of hydrogen-bond donors (Lipinski definition) is 1. The van der Waals surface area contributed by atoms with Gasteiger partial charge in [-0.3, -0.25) is 9.20 Å². The summed E-state index contributed by atoms with van der Waals surface area (Å²) in [4.78, 5) is 19.5. The summed E-state index contributed by atoms with van der Waals surface area (Å²) in [6.07, 6.45) is -0.726. The van der Waals surface area contributed by atoms with E-state index in [2.05, 4.69) is 4.98 Å². The van der Waals surface area contributed by atoms with Crippen LogP contribution in [0.1, 0.15) is 31.3 Å². The van der Waals surface area contributed by atoms with Gasteiger partial charge in [0.05, 0.1) is 24.0 Å². The molecule has 0 aliphatic carbocycles. The van der Waals surface area contributed by atoms with E-state index in [0.29, 0.717) is 29.4 Å². The Bertz CT molecular complexity index is 902. The van der Waals surface area contributed by atoms with Crippen LogP contribution in [-0.2, 0) is 6.54 Å². The molecule has 0 spiro atoms. The molecule has 24 heavy (non-hydrogen) atoms. The van der Waals surface area contributed by atoms with E-state index in [4.69, 9.17) is 0 Å². The summed E-state index contributed by atoms with van der Waals surface area (Å²) in [7, 11) is 0. The zero-order valence-corrected chi connectivity index (χ0v) is 14.3. The molecule has 0 bridgehead atoms. The van der Waals surface area contributed by atoms with E-state index < -0.39 is 6.10 Å². The molecule has 5 nitrogen and oxygen atoms in total. The molecular weight excluding hydrogens is 329 g/mol. The fraction of sp³-hybridized carbons (Fsp3) is 0.294. The summed E-state index contributed by atoms with van der Waals surface area (Å²) in [5, 5.41) is 11.5. The van der Waals surface area contributed by atoms with Gasteiger partial charge in [0.2, 0.25) is 0 Å². The van der Waals surface area contributed by atoms with Crippen LogP contribution in [0.15, 0.2) is 40.5 Å². The standard InChI is InChI=1S/C17H18FN3O2S/c1-3-20(14-6-4-12(18)5-7-14)9-13-8-16(23)21-15(11(2)22)10-24-17(21)19-13/h4-8,10-11,22H,3,9H2,1-2H3. The SMILES string of the molecule is CCN(Cc1cc(=O)n2c(C(C)O)csc2n1)c1ccc(F)cc1. The molecule has 2 aromatic heterocycles. The second-order valence-corrected chi connectivity index (χ2v) is 6.37. The number of benzene rings is 1. The first-order chi connectivity index (χ1) is 11.5. The molecule has 7 heteroatoms. The third-order valence-electron chi connectivity index (χ3n) is 3.84. The van der Waals surface area contributed by atoms with E-state index in [1.54, 1.807) is 24.4 Å². The van der Waals surface area contributed by atoms with Crippen molar-refractivity contribution in [1.82, 2.24) is 9.38 Å². The maximum absolute atomic E-state index is 13.1. The number of halogens is 1. The van der Waals surface area contributed by atoms with Crippen molar-refractivity contribution in [2.75, 3.05) is 11.4 Å². The molecule has 126 valence electrons. The van der Waals surface area contributed by atoms with Gasteiger partial charge in [-0.1, -0.05) is 0 Å². The predicted molar refractivity (Wildman–Crippen MR) is 93.1 cm³/mol. The Hall–Kier alpha value is -2.25. The third kappa shape index (κ3) is 3.18. The first-order valence-electron chi connectivity index (χ1n) is 7.68. The fourth-order valence-electron chi connectivity index (χ4n) is 2.59. The van der Waals surface area contributed by atoms with Crippen LogP contribution in [0.5, 0.6) is 0 Å². The maximum atomic E-state index is 13.1. The molecule has 1 aromatic carbocycles. The summed E-state index contributed by atoms with van der Waals surface area (Å²) in [5.74, 6) is -0.281. The van der Waals surface area contributed by atoms with Crippen molar-refractivity contribution in [2.24, 2.45) is 0 Å². The molecule has 1 atom stereocenters. The van der Waals surface area contributed by atoms with Crippen LogP contribution < -0.4 is 10.5 Å². The average molecular weight is 347 g/mol. The number of aromatic nitrogens is 2. The lowest BCUT2D eigenvalue weighted by Crippen LogP contribution is -2.25. The van der Waals surface area contributed by atoms with Crippen LogP contribution in [-0.4, -0.2) is 21.0 Å². The zero-order chi connectivity index (χ0) is 17.3.